The fraction of sp³-hybridized carbons (Fsp3) is 0.536. The van der Waals surface area contributed by atoms with Crippen LogP contribution in [0.3, 0.4) is 0 Å². The van der Waals surface area contributed by atoms with E-state index >= 15 is 0 Å². The van der Waals surface area contributed by atoms with Crippen molar-refractivity contribution in [2.75, 3.05) is 62.3 Å². The first-order valence-corrected chi connectivity index (χ1v) is 15.7. The Morgan fingerprint density at radius 3 is 2.23 bits per heavy atom. The molecule has 0 radical (unpaired) electrons. The van der Waals surface area contributed by atoms with Gasteiger partial charge in [0.25, 0.3) is 0 Å². The van der Waals surface area contributed by atoms with Gasteiger partial charge in [0, 0.05) is 62.9 Å². The summed E-state index contributed by atoms with van der Waals surface area (Å²) in [6, 6.07) is 12.0. The van der Waals surface area contributed by atoms with Crippen molar-refractivity contribution in [2.24, 2.45) is 0 Å². The summed E-state index contributed by atoms with van der Waals surface area (Å²) in [6.45, 7) is 8.75. The maximum absolute atomic E-state index is 13.5. The van der Waals surface area contributed by atoms with Gasteiger partial charge in [0.2, 0.25) is 0 Å². The molecule has 0 unspecified atom stereocenters. The van der Waals surface area contributed by atoms with Gasteiger partial charge < -0.3 is 15.1 Å². The molecule has 2 aromatic carbocycles. The average molecular weight is 583 g/mol. The molecule has 2 aliphatic heterocycles. The number of hydrogen-bond acceptors (Lipinski definition) is 6. The molecule has 0 spiro atoms. The summed E-state index contributed by atoms with van der Waals surface area (Å²) in [5, 5.41) is 3.16. The SMILES string of the molecule is Cc1ccc(N2CCN(CCCC(=S)N3CCC(Nc4ccc(S(C)(=O)=O)c(C(F)(F)F)c4)CC3)CC2)cc1. The van der Waals surface area contributed by atoms with Crippen LogP contribution in [0.1, 0.15) is 36.8 Å². The van der Waals surface area contributed by atoms with E-state index in [1.165, 1.54) is 17.3 Å². The van der Waals surface area contributed by atoms with Gasteiger partial charge in [-0.2, -0.15) is 13.2 Å². The van der Waals surface area contributed by atoms with Crippen molar-refractivity contribution in [3.8, 4) is 0 Å². The molecule has 0 amide bonds. The first-order chi connectivity index (χ1) is 18.4. The van der Waals surface area contributed by atoms with Gasteiger partial charge in [-0.25, -0.2) is 8.42 Å². The average Bonchev–Trinajstić information content (AvgIpc) is 2.89. The molecular formula is C28H37F3N4O2S2. The number of nitrogens with zero attached hydrogens (tertiary/aromatic N) is 3. The van der Waals surface area contributed by atoms with Gasteiger partial charge in [-0.3, -0.25) is 4.90 Å². The van der Waals surface area contributed by atoms with Crippen LogP contribution in [0, 0.1) is 6.92 Å². The van der Waals surface area contributed by atoms with Gasteiger partial charge in [-0.05, 0) is 69.5 Å². The summed E-state index contributed by atoms with van der Waals surface area (Å²) in [5.41, 5.74) is 1.70. The monoisotopic (exact) mass is 582 g/mol. The van der Waals surface area contributed by atoms with Crippen LogP contribution in [-0.4, -0.2) is 81.3 Å². The molecule has 2 heterocycles. The second kappa shape index (κ2) is 12.4. The molecule has 4 rings (SSSR count). The van der Waals surface area contributed by atoms with E-state index in [1.807, 2.05) is 0 Å². The van der Waals surface area contributed by atoms with E-state index < -0.39 is 26.5 Å². The summed E-state index contributed by atoms with van der Waals surface area (Å²) in [6.07, 6.45) is -0.606. The van der Waals surface area contributed by atoms with Gasteiger partial charge in [-0.15, -0.1) is 0 Å². The van der Waals surface area contributed by atoms with Crippen molar-refractivity contribution in [1.82, 2.24) is 9.80 Å². The number of alkyl halides is 3. The summed E-state index contributed by atoms with van der Waals surface area (Å²) in [5.74, 6) is 0. The van der Waals surface area contributed by atoms with Gasteiger partial charge in [0.1, 0.15) is 0 Å². The van der Waals surface area contributed by atoms with Crippen LogP contribution in [0.5, 0.6) is 0 Å². The highest BCUT2D eigenvalue weighted by Gasteiger charge is 2.36. The molecule has 0 aliphatic carbocycles. The van der Waals surface area contributed by atoms with Crippen molar-refractivity contribution < 1.29 is 21.6 Å². The highest BCUT2D eigenvalue weighted by molar-refractivity contribution is 7.90. The number of sulfone groups is 1. The molecule has 11 heteroatoms. The van der Waals surface area contributed by atoms with Crippen LogP contribution in [-0.2, 0) is 16.0 Å². The Morgan fingerprint density at radius 2 is 1.64 bits per heavy atom. The number of nitrogens with one attached hydrogen (secondary N) is 1. The van der Waals surface area contributed by atoms with Crippen LogP contribution < -0.4 is 10.2 Å². The Morgan fingerprint density at radius 1 is 1.00 bits per heavy atom. The third kappa shape index (κ3) is 8.08. The summed E-state index contributed by atoms with van der Waals surface area (Å²) in [4.78, 5) is 7.38. The molecule has 2 fully saturated rings. The maximum atomic E-state index is 13.5. The minimum Gasteiger partial charge on any atom is -0.382 e. The van der Waals surface area contributed by atoms with Crippen molar-refractivity contribution in [1.29, 1.82) is 0 Å². The lowest BCUT2D eigenvalue weighted by atomic mass is 10.0. The predicted molar refractivity (Wildman–Crippen MR) is 154 cm³/mol. The predicted octanol–water partition coefficient (Wildman–Crippen LogP) is 5.22. The molecule has 2 saturated heterocycles. The van der Waals surface area contributed by atoms with E-state index in [0.717, 1.165) is 94.9 Å². The van der Waals surface area contributed by atoms with Gasteiger partial charge in [-0.1, -0.05) is 29.9 Å². The molecule has 1 N–H and O–H groups in total. The normalized spacial score (nSPS) is 17.9. The second-order valence-corrected chi connectivity index (χ2v) is 13.0. The molecule has 0 saturated carbocycles. The molecule has 214 valence electrons. The van der Waals surface area contributed by atoms with Crippen molar-refractivity contribution >= 4 is 38.4 Å². The van der Waals surface area contributed by atoms with E-state index in [2.05, 4.69) is 51.2 Å². The first-order valence-electron chi connectivity index (χ1n) is 13.4. The zero-order chi connectivity index (χ0) is 28.2. The lowest BCUT2D eigenvalue weighted by molar-refractivity contribution is -0.139. The third-order valence-corrected chi connectivity index (χ3v) is 9.16. The van der Waals surface area contributed by atoms with Gasteiger partial charge in [0.15, 0.2) is 9.84 Å². The lowest BCUT2D eigenvalue weighted by Crippen LogP contribution is -2.47. The fourth-order valence-corrected chi connectivity index (χ4v) is 6.49. The largest absolute Gasteiger partial charge is 0.417 e. The number of benzene rings is 2. The van der Waals surface area contributed by atoms with Crippen molar-refractivity contribution in [2.45, 2.75) is 49.7 Å². The number of piperidine rings is 1. The molecule has 2 aliphatic rings. The summed E-state index contributed by atoms with van der Waals surface area (Å²) < 4.78 is 64.0. The van der Waals surface area contributed by atoms with Crippen LogP contribution in [0.4, 0.5) is 24.5 Å². The number of rotatable bonds is 8. The van der Waals surface area contributed by atoms with Crippen molar-refractivity contribution in [3.63, 3.8) is 0 Å². The van der Waals surface area contributed by atoms with Crippen LogP contribution in [0.25, 0.3) is 0 Å². The van der Waals surface area contributed by atoms with E-state index in [-0.39, 0.29) is 11.7 Å². The highest BCUT2D eigenvalue weighted by atomic mass is 32.2. The smallest absolute Gasteiger partial charge is 0.382 e. The zero-order valence-electron chi connectivity index (χ0n) is 22.5. The first kappa shape index (κ1) is 29.6. The number of hydrogen-bond donors (Lipinski definition) is 1. The molecular weight excluding hydrogens is 545 g/mol. The Kier molecular flexibility index (Phi) is 9.44. The summed E-state index contributed by atoms with van der Waals surface area (Å²) >= 11 is 5.71. The maximum Gasteiger partial charge on any atom is 0.417 e. The lowest BCUT2D eigenvalue weighted by Gasteiger charge is -2.37. The number of piperazine rings is 1. The van der Waals surface area contributed by atoms with E-state index in [4.69, 9.17) is 12.2 Å². The molecule has 2 aromatic rings. The van der Waals surface area contributed by atoms with E-state index in [9.17, 15) is 21.6 Å². The van der Waals surface area contributed by atoms with Gasteiger partial charge in [0.05, 0.1) is 15.4 Å². The number of halogens is 3. The molecule has 0 aromatic heterocycles. The standard InChI is InChI=1S/C28H37F3N4O2S2/c1-21-5-8-24(9-6-21)34-18-16-33(17-19-34)13-3-4-27(38)35-14-11-22(12-15-35)32-23-7-10-26(39(2,36)37)25(20-23)28(29,30)31/h5-10,20,22,32H,3-4,11-19H2,1-2H3. The topological polar surface area (TPSA) is 55.9 Å². The fourth-order valence-electron chi connectivity index (χ4n) is 5.27. The number of anilines is 2. The Balaban J connectivity index is 1.18. The van der Waals surface area contributed by atoms with Crippen LogP contribution in [0.15, 0.2) is 47.4 Å². The molecule has 0 bridgehead atoms. The van der Waals surface area contributed by atoms with Crippen LogP contribution in [0.2, 0.25) is 0 Å². The van der Waals surface area contributed by atoms with Crippen molar-refractivity contribution in [3.05, 3.63) is 53.6 Å². The Hall–Kier alpha value is -2.37. The van der Waals surface area contributed by atoms with E-state index in [1.54, 1.807) is 0 Å². The molecule has 0 atom stereocenters. The number of thiocarbonyl (C=S) groups is 1. The minimum absolute atomic E-state index is 0.000887. The number of aryl methyl sites for hydroxylation is 1. The number of likely N-dealkylation sites (tertiary alicyclic amines) is 1. The zero-order valence-corrected chi connectivity index (χ0v) is 24.1. The Labute approximate surface area is 235 Å². The second-order valence-electron chi connectivity index (χ2n) is 10.5. The quantitative estimate of drug-likeness (QED) is 0.428. The molecule has 6 nitrogen and oxygen atoms in total. The third-order valence-electron chi connectivity index (χ3n) is 7.54. The minimum atomic E-state index is -4.75. The van der Waals surface area contributed by atoms with E-state index in [0.29, 0.717) is 0 Å². The molecule has 39 heavy (non-hydrogen) atoms. The Bertz CT molecular complexity index is 1240. The summed E-state index contributed by atoms with van der Waals surface area (Å²) in [7, 11) is -3.99. The van der Waals surface area contributed by atoms with Gasteiger partial charge >= 0.3 is 6.18 Å². The highest BCUT2D eigenvalue weighted by Crippen LogP contribution is 2.36. The van der Waals surface area contributed by atoms with Crippen LogP contribution >= 0.6 is 12.2 Å².